The lowest BCUT2D eigenvalue weighted by molar-refractivity contribution is 0.174. The monoisotopic (exact) mass is 610 g/mol. The predicted molar refractivity (Wildman–Crippen MR) is 183 cm³/mol. The van der Waals surface area contributed by atoms with E-state index in [1.54, 1.807) is 0 Å². The standard InChI is InChI=1S/C38H38N6O2/c1-24(2)32-19-30(14-16-39-32)36-21-33(40-43-36)26-8-11-31(12-9-26)44(4)17-15-25(3)27-6-5-7-28(18-27)34-22-35(42-41-34)29-10-13-37-38(20-29)46-23-45-37/h5-14,16,18-22,24-25H,15,17,23H2,1-4H3,(H,40,43)(H,41,42). The molecular formula is C38H38N6O2. The van der Waals surface area contributed by atoms with E-state index in [9.17, 15) is 0 Å². The Morgan fingerprint density at radius 1 is 0.717 bits per heavy atom. The molecule has 0 fully saturated rings. The molecule has 1 aliphatic rings. The van der Waals surface area contributed by atoms with E-state index in [0.29, 0.717) is 11.8 Å². The molecule has 3 aromatic heterocycles. The number of rotatable bonds is 10. The molecule has 7 rings (SSSR count). The Morgan fingerprint density at radius 2 is 1.41 bits per heavy atom. The molecule has 4 heterocycles. The first-order chi connectivity index (χ1) is 22.4. The zero-order valence-corrected chi connectivity index (χ0v) is 26.6. The third-order valence-electron chi connectivity index (χ3n) is 8.78. The Morgan fingerprint density at radius 3 is 2.17 bits per heavy atom. The van der Waals surface area contributed by atoms with Gasteiger partial charge in [-0.3, -0.25) is 15.2 Å². The Bertz CT molecular complexity index is 1960. The third-order valence-corrected chi connectivity index (χ3v) is 8.78. The van der Waals surface area contributed by atoms with Crippen LogP contribution in [-0.2, 0) is 0 Å². The van der Waals surface area contributed by atoms with Crippen LogP contribution in [0.3, 0.4) is 0 Å². The van der Waals surface area contributed by atoms with Gasteiger partial charge in [0.25, 0.3) is 0 Å². The molecule has 0 bridgehead atoms. The van der Waals surface area contributed by atoms with Crippen molar-refractivity contribution < 1.29 is 9.47 Å². The fourth-order valence-corrected chi connectivity index (χ4v) is 5.81. The second-order valence-corrected chi connectivity index (χ2v) is 12.3. The first-order valence-electron chi connectivity index (χ1n) is 15.8. The summed E-state index contributed by atoms with van der Waals surface area (Å²) < 4.78 is 11.0. The molecule has 46 heavy (non-hydrogen) atoms. The zero-order chi connectivity index (χ0) is 31.6. The van der Waals surface area contributed by atoms with Gasteiger partial charge in [-0.25, -0.2) is 0 Å². The van der Waals surface area contributed by atoms with Crippen molar-refractivity contribution in [3.05, 3.63) is 108 Å². The van der Waals surface area contributed by atoms with Crippen molar-refractivity contribution in [2.24, 2.45) is 0 Å². The summed E-state index contributed by atoms with van der Waals surface area (Å²) in [5, 5.41) is 15.6. The van der Waals surface area contributed by atoms with Gasteiger partial charge in [0.05, 0.1) is 22.8 Å². The van der Waals surface area contributed by atoms with Gasteiger partial charge in [-0.2, -0.15) is 10.2 Å². The number of H-pyrrole nitrogens is 2. The molecule has 0 spiro atoms. The van der Waals surface area contributed by atoms with Gasteiger partial charge in [0.2, 0.25) is 6.79 Å². The minimum Gasteiger partial charge on any atom is -0.454 e. The lowest BCUT2D eigenvalue weighted by Crippen LogP contribution is -2.19. The van der Waals surface area contributed by atoms with Crippen LogP contribution in [0.25, 0.3) is 45.0 Å². The minimum absolute atomic E-state index is 0.264. The number of fused-ring (bicyclic) bond motifs is 1. The van der Waals surface area contributed by atoms with E-state index < -0.39 is 0 Å². The molecule has 8 heteroatoms. The van der Waals surface area contributed by atoms with Gasteiger partial charge in [-0.05, 0) is 90.0 Å². The topological polar surface area (TPSA) is 92.0 Å². The third kappa shape index (κ3) is 6.11. The van der Waals surface area contributed by atoms with Gasteiger partial charge >= 0.3 is 0 Å². The average Bonchev–Trinajstić information content (AvgIpc) is 3.88. The number of hydrogen-bond donors (Lipinski definition) is 2. The maximum Gasteiger partial charge on any atom is 0.231 e. The molecular weight excluding hydrogens is 572 g/mol. The molecule has 0 aliphatic carbocycles. The largest absolute Gasteiger partial charge is 0.454 e. The molecule has 6 aromatic rings. The van der Waals surface area contributed by atoms with Crippen molar-refractivity contribution >= 4 is 5.69 Å². The molecule has 0 radical (unpaired) electrons. The SMILES string of the molecule is CC(C)c1cc(-c2cc(-c3ccc(N(C)CCC(C)c4cccc(-c5cc(-c6ccc7c(c6)OCO7)[nH]n5)c4)cc3)[nH]n2)ccn1. The Hall–Kier alpha value is -5.37. The Kier molecular flexibility index (Phi) is 8.01. The molecule has 1 unspecified atom stereocenters. The van der Waals surface area contributed by atoms with Crippen molar-refractivity contribution in [2.75, 3.05) is 25.3 Å². The molecule has 0 saturated carbocycles. The summed E-state index contributed by atoms with van der Waals surface area (Å²) in [4.78, 5) is 6.80. The van der Waals surface area contributed by atoms with E-state index in [4.69, 9.17) is 9.47 Å². The number of anilines is 1. The van der Waals surface area contributed by atoms with Crippen LogP contribution in [0.1, 0.15) is 50.3 Å². The summed E-state index contributed by atoms with van der Waals surface area (Å²) in [6.07, 6.45) is 2.89. The molecule has 232 valence electrons. The van der Waals surface area contributed by atoms with E-state index in [1.807, 2.05) is 30.5 Å². The Labute approximate surface area is 269 Å². The van der Waals surface area contributed by atoms with Crippen molar-refractivity contribution in [3.63, 3.8) is 0 Å². The maximum atomic E-state index is 5.54. The molecule has 0 saturated heterocycles. The molecule has 0 amide bonds. The zero-order valence-electron chi connectivity index (χ0n) is 26.6. The summed E-state index contributed by atoms with van der Waals surface area (Å²) in [6, 6.07) is 31.7. The fraction of sp³-hybridized carbons (Fsp3) is 0.237. The van der Waals surface area contributed by atoms with Crippen molar-refractivity contribution in [1.29, 1.82) is 0 Å². The highest BCUT2D eigenvalue weighted by atomic mass is 16.7. The number of nitrogens with zero attached hydrogens (tertiary/aromatic N) is 4. The highest BCUT2D eigenvalue weighted by Crippen LogP contribution is 2.36. The maximum absolute atomic E-state index is 5.54. The van der Waals surface area contributed by atoms with Gasteiger partial charge < -0.3 is 14.4 Å². The van der Waals surface area contributed by atoms with E-state index in [-0.39, 0.29) is 6.79 Å². The summed E-state index contributed by atoms with van der Waals surface area (Å²) in [7, 11) is 2.16. The van der Waals surface area contributed by atoms with Gasteiger partial charge in [0.15, 0.2) is 11.5 Å². The molecule has 8 nitrogen and oxygen atoms in total. The summed E-state index contributed by atoms with van der Waals surface area (Å²) in [6.45, 7) is 7.80. The van der Waals surface area contributed by atoms with Crippen LogP contribution in [0.15, 0.2) is 97.2 Å². The summed E-state index contributed by atoms with van der Waals surface area (Å²) in [5.41, 5.74) is 11.7. The smallest absolute Gasteiger partial charge is 0.231 e. The minimum atomic E-state index is 0.264. The average molecular weight is 611 g/mol. The number of aromatic nitrogens is 5. The second kappa shape index (κ2) is 12.6. The van der Waals surface area contributed by atoms with Crippen LogP contribution in [-0.4, -0.2) is 45.8 Å². The van der Waals surface area contributed by atoms with Crippen molar-refractivity contribution in [1.82, 2.24) is 25.4 Å². The van der Waals surface area contributed by atoms with E-state index in [0.717, 1.165) is 75.2 Å². The van der Waals surface area contributed by atoms with E-state index in [1.165, 1.54) is 11.3 Å². The Balaban J connectivity index is 0.973. The van der Waals surface area contributed by atoms with Crippen molar-refractivity contribution in [3.8, 4) is 56.5 Å². The number of benzene rings is 3. The number of aromatic amines is 2. The lowest BCUT2D eigenvalue weighted by atomic mass is 9.95. The number of nitrogens with one attached hydrogen (secondary N) is 2. The first kappa shape index (κ1) is 29.3. The molecule has 1 aliphatic heterocycles. The van der Waals surface area contributed by atoms with Crippen LogP contribution in [0.4, 0.5) is 5.69 Å². The van der Waals surface area contributed by atoms with Crippen LogP contribution >= 0.6 is 0 Å². The second-order valence-electron chi connectivity index (χ2n) is 12.3. The fourth-order valence-electron chi connectivity index (χ4n) is 5.81. The first-order valence-corrected chi connectivity index (χ1v) is 15.8. The summed E-state index contributed by atoms with van der Waals surface area (Å²) >= 11 is 0. The van der Waals surface area contributed by atoms with Crippen LogP contribution in [0.2, 0.25) is 0 Å². The van der Waals surface area contributed by atoms with Gasteiger partial charge in [-0.1, -0.05) is 51.1 Å². The quantitative estimate of drug-likeness (QED) is 0.161. The van der Waals surface area contributed by atoms with E-state index >= 15 is 0 Å². The van der Waals surface area contributed by atoms with Gasteiger partial charge in [0, 0.05) is 47.9 Å². The van der Waals surface area contributed by atoms with Crippen molar-refractivity contribution in [2.45, 2.75) is 39.0 Å². The number of ether oxygens (including phenoxy) is 2. The number of hydrogen-bond acceptors (Lipinski definition) is 6. The van der Waals surface area contributed by atoms with Gasteiger partial charge in [-0.15, -0.1) is 0 Å². The molecule has 1 atom stereocenters. The number of pyridine rings is 1. The van der Waals surface area contributed by atoms with Gasteiger partial charge in [0.1, 0.15) is 0 Å². The molecule has 2 N–H and O–H groups in total. The van der Waals surface area contributed by atoms with Crippen LogP contribution < -0.4 is 14.4 Å². The summed E-state index contributed by atoms with van der Waals surface area (Å²) in [5.74, 6) is 2.30. The highest BCUT2D eigenvalue weighted by molar-refractivity contribution is 5.71. The predicted octanol–water partition coefficient (Wildman–Crippen LogP) is 8.68. The van der Waals surface area contributed by atoms with E-state index in [2.05, 4.69) is 125 Å². The van der Waals surface area contributed by atoms with Crippen LogP contribution in [0.5, 0.6) is 11.5 Å². The normalized spacial score (nSPS) is 12.9. The lowest BCUT2D eigenvalue weighted by Gasteiger charge is -2.22. The highest BCUT2D eigenvalue weighted by Gasteiger charge is 2.16. The molecule has 3 aromatic carbocycles. The van der Waals surface area contributed by atoms with Crippen LogP contribution in [0, 0.1) is 0 Å².